The summed E-state index contributed by atoms with van der Waals surface area (Å²) in [7, 11) is 0. The van der Waals surface area contributed by atoms with Crippen LogP contribution in [-0.4, -0.2) is 105 Å². The lowest BCUT2D eigenvalue weighted by atomic mass is 10.0. The number of likely N-dealkylation sites (tertiary alicyclic amines) is 1. The molecule has 0 spiro atoms. The number of carboxylic acids is 1. The van der Waals surface area contributed by atoms with E-state index < -0.39 is 71.8 Å². The number of carboxylic acid groups (broad SMARTS) is 1. The van der Waals surface area contributed by atoms with E-state index in [-0.39, 0.29) is 38.4 Å². The van der Waals surface area contributed by atoms with Gasteiger partial charge in [0.1, 0.15) is 24.2 Å². The zero-order valence-electron chi connectivity index (χ0n) is 33.6. The smallest absolute Gasteiger partial charge is 0.326 e. The molecule has 1 aromatic heterocycles. The van der Waals surface area contributed by atoms with Crippen molar-refractivity contribution in [3.8, 4) is 0 Å². The number of unbranched alkanes of at least 4 members (excludes halogenated alkanes) is 1. The normalized spacial score (nSPS) is 16.4. The van der Waals surface area contributed by atoms with Crippen LogP contribution < -0.4 is 32.3 Å². The highest BCUT2D eigenvalue weighted by Gasteiger charge is 2.39. The van der Waals surface area contributed by atoms with E-state index in [1.165, 1.54) is 11.2 Å². The predicted octanol–water partition coefficient (Wildman–Crippen LogP) is 1.56. The summed E-state index contributed by atoms with van der Waals surface area (Å²) < 4.78 is 0. The molecule has 1 saturated heterocycles. The van der Waals surface area contributed by atoms with Gasteiger partial charge in [0.25, 0.3) is 0 Å². The number of nitrogens with one attached hydrogen (secondary N) is 6. The van der Waals surface area contributed by atoms with Crippen LogP contribution in [0.1, 0.15) is 76.1 Å². The first-order chi connectivity index (χ1) is 27.9. The molecular weight excluding hydrogens is 743 g/mol. The van der Waals surface area contributed by atoms with Crippen LogP contribution >= 0.6 is 0 Å². The van der Waals surface area contributed by atoms with E-state index in [0.717, 1.165) is 24.0 Å². The highest BCUT2D eigenvalue weighted by Crippen LogP contribution is 2.20. The monoisotopic (exact) mass is 801 g/mol. The van der Waals surface area contributed by atoms with Crippen LogP contribution in [0.25, 0.3) is 0 Å². The zero-order valence-corrected chi connectivity index (χ0v) is 33.6. The lowest BCUT2D eigenvalue weighted by molar-refractivity contribution is -0.144. The first-order valence-corrected chi connectivity index (χ1v) is 20.1. The van der Waals surface area contributed by atoms with Crippen molar-refractivity contribution in [1.82, 2.24) is 41.5 Å². The van der Waals surface area contributed by atoms with Crippen LogP contribution in [0.5, 0.6) is 0 Å². The van der Waals surface area contributed by atoms with E-state index in [4.69, 9.17) is 5.73 Å². The molecule has 2 heterocycles. The molecule has 3 aromatic rings. The van der Waals surface area contributed by atoms with Gasteiger partial charge in [-0.25, -0.2) is 9.78 Å². The average molecular weight is 802 g/mol. The van der Waals surface area contributed by atoms with E-state index in [0.29, 0.717) is 31.4 Å². The average Bonchev–Trinajstić information content (AvgIpc) is 3.92. The summed E-state index contributed by atoms with van der Waals surface area (Å²) in [6.45, 7) is 5.97. The number of imidazole rings is 1. The summed E-state index contributed by atoms with van der Waals surface area (Å²) in [4.78, 5) is 88.8. The number of carbonyl (C=O) groups is 6. The predicted molar refractivity (Wildman–Crippen MR) is 218 cm³/mol. The number of benzene rings is 2. The zero-order chi connectivity index (χ0) is 42.0. The Hall–Kier alpha value is -5.61. The van der Waals surface area contributed by atoms with Crippen molar-refractivity contribution >= 4 is 35.5 Å². The molecule has 0 bridgehead atoms. The number of nitrogens with zero attached hydrogens (tertiary/aromatic N) is 2. The summed E-state index contributed by atoms with van der Waals surface area (Å²) in [5.74, 6) is -3.61. The van der Waals surface area contributed by atoms with Crippen molar-refractivity contribution in [2.75, 3.05) is 13.2 Å². The van der Waals surface area contributed by atoms with Gasteiger partial charge in [-0.15, -0.1) is 0 Å². The second-order valence-corrected chi connectivity index (χ2v) is 15.2. The number of aromatic nitrogens is 2. The number of hydrogen-bond donors (Lipinski definition) is 8. The molecule has 1 aliphatic heterocycles. The topological polar surface area (TPSA) is 241 Å². The fraction of sp³-hybridized carbons (Fsp3) is 0.500. The molecule has 0 unspecified atom stereocenters. The Bertz CT molecular complexity index is 1780. The minimum absolute atomic E-state index is 0.00927. The Kier molecular flexibility index (Phi) is 17.9. The number of amides is 5. The molecule has 2 aromatic carbocycles. The van der Waals surface area contributed by atoms with Crippen LogP contribution in [0.15, 0.2) is 73.2 Å². The Morgan fingerprint density at radius 1 is 0.845 bits per heavy atom. The molecule has 5 amide bonds. The van der Waals surface area contributed by atoms with Crippen molar-refractivity contribution in [2.24, 2.45) is 11.7 Å². The Morgan fingerprint density at radius 3 is 2.07 bits per heavy atom. The molecule has 9 N–H and O–H groups in total. The summed E-state index contributed by atoms with van der Waals surface area (Å²) in [5.41, 5.74) is 8.33. The van der Waals surface area contributed by atoms with E-state index in [1.807, 2.05) is 57.2 Å². The fourth-order valence-corrected chi connectivity index (χ4v) is 6.94. The number of H-pyrrole nitrogens is 1. The molecule has 0 saturated carbocycles. The number of hydrogen-bond acceptors (Lipinski definition) is 9. The molecule has 314 valence electrons. The van der Waals surface area contributed by atoms with Crippen molar-refractivity contribution in [3.05, 3.63) is 90.0 Å². The maximum Gasteiger partial charge on any atom is 0.326 e. The Balaban J connectivity index is 1.43. The molecule has 6 atom stereocenters. The number of aliphatic carboxylic acids is 1. The van der Waals surface area contributed by atoms with Crippen LogP contribution in [0.3, 0.4) is 0 Å². The summed E-state index contributed by atoms with van der Waals surface area (Å²) in [6.07, 6.45) is 6.78. The highest BCUT2D eigenvalue weighted by atomic mass is 16.4. The van der Waals surface area contributed by atoms with E-state index in [2.05, 4.69) is 36.6 Å². The first kappa shape index (κ1) is 45.1. The molecule has 0 radical (unpaired) electrons. The second kappa shape index (κ2) is 23.0. The van der Waals surface area contributed by atoms with E-state index >= 15 is 0 Å². The SMILES string of the molecule is CCCC[C@H](N)C(=O)N[C@@H](Cc1ccccc1)C(=O)N[C@@H](CC(C)C)C(=O)NCN[C@@H](Cc1cnc[nH]1)C(=O)N1CCC[C@H]1C(=O)N[C@@H](Cc1ccccc1)C(=O)O. The fourth-order valence-electron chi connectivity index (χ4n) is 6.94. The largest absolute Gasteiger partial charge is 0.480 e. The lowest BCUT2D eigenvalue weighted by Crippen LogP contribution is -2.58. The molecule has 1 fully saturated rings. The van der Waals surface area contributed by atoms with Crippen LogP contribution in [-0.2, 0) is 48.0 Å². The van der Waals surface area contributed by atoms with E-state index in [9.17, 15) is 33.9 Å². The summed E-state index contributed by atoms with van der Waals surface area (Å²) in [6, 6.07) is 12.5. The minimum atomic E-state index is -1.19. The van der Waals surface area contributed by atoms with Crippen LogP contribution in [0.2, 0.25) is 0 Å². The molecule has 16 nitrogen and oxygen atoms in total. The summed E-state index contributed by atoms with van der Waals surface area (Å²) in [5, 5.41) is 24.1. The van der Waals surface area contributed by atoms with Gasteiger partial charge in [-0.1, -0.05) is 94.3 Å². The van der Waals surface area contributed by atoms with Crippen molar-refractivity contribution in [3.63, 3.8) is 0 Å². The van der Waals surface area contributed by atoms with E-state index in [1.54, 1.807) is 30.5 Å². The van der Waals surface area contributed by atoms with Gasteiger partial charge in [0.05, 0.1) is 25.1 Å². The Morgan fingerprint density at radius 2 is 1.48 bits per heavy atom. The molecule has 4 rings (SSSR count). The van der Waals surface area contributed by atoms with Gasteiger partial charge in [-0.3, -0.25) is 29.3 Å². The maximum absolute atomic E-state index is 14.1. The van der Waals surface area contributed by atoms with Crippen LogP contribution in [0.4, 0.5) is 0 Å². The number of nitrogens with two attached hydrogens (primary N) is 1. The van der Waals surface area contributed by atoms with Crippen molar-refractivity contribution in [2.45, 2.75) is 115 Å². The molecule has 58 heavy (non-hydrogen) atoms. The third-order valence-electron chi connectivity index (χ3n) is 10.1. The number of carbonyl (C=O) groups excluding carboxylic acids is 5. The van der Waals surface area contributed by atoms with Crippen molar-refractivity contribution < 1.29 is 33.9 Å². The van der Waals surface area contributed by atoms with Gasteiger partial charge in [0.2, 0.25) is 29.5 Å². The van der Waals surface area contributed by atoms with Gasteiger partial charge in [-0.05, 0) is 42.7 Å². The standard InChI is InChI=1S/C42H59N9O7/c1-4-5-17-31(43)37(52)48-33(21-28-13-8-6-9-14-28)39(54)49-32(20-27(2)3)38(53)47-26-46-34(23-30-24-44-25-45-30)41(56)51-19-12-18-36(51)40(55)50-35(42(57)58)22-29-15-10-7-11-16-29/h6-11,13-16,24-25,27,31-36,46H,4-5,12,17-23,26,43H2,1-3H3,(H,44,45)(H,47,53)(H,48,52)(H,49,54)(H,50,55)(H,57,58)/t31-,32-,33-,34-,35-,36-/m0/s1. The van der Waals surface area contributed by atoms with Gasteiger partial charge in [0.15, 0.2) is 0 Å². The molecule has 16 heteroatoms. The number of rotatable bonds is 23. The van der Waals surface area contributed by atoms with Crippen LogP contribution in [0, 0.1) is 5.92 Å². The number of aromatic amines is 1. The quantitative estimate of drug-likeness (QED) is 0.0644. The minimum Gasteiger partial charge on any atom is -0.480 e. The van der Waals surface area contributed by atoms with Gasteiger partial charge in [-0.2, -0.15) is 0 Å². The molecule has 0 aliphatic carbocycles. The van der Waals surface area contributed by atoms with Crippen molar-refractivity contribution in [1.29, 1.82) is 0 Å². The highest BCUT2D eigenvalue weighted by molar-refractivity contribution is 5.94. The summed E-state index contributed by atoms with van der Waals surface area (Å²) >= 11 is 0. The van der Waals surface area contributed by atoms with Gasteiger partial charge >= 0.3 is 5.97 Å². The second-order valence-electron chi connectivity index (χ2n) is 15.2. The lowest BCUT2D eigenvalue weighted by Gasteiger charge is -2.30. The Labute approximate surface area is 339 Å². The van der Waals surface area contributed by atoms with Gasteiger partial charge < -0.3 is 42.0 Å². The molecule has 1 aliphatic rings. The van der Waals surface area contributed by atoms with Gasteiger partial charge in [0, 0.05) is 37.7 Å². The third-order valence-corrected chi connectivity index (χ3v) is 10.1. The molecular formula is C42H59N9O7. The maximum atomic E-state index is 14.1. The first-order valence-electron chi connectivity index (χ1n) is 20.1. The third kappa shape index (κ3) is 14.1.